The van der Waals surface area contributed by atoms with E-state index >= 15 is 0 Å². The van der Waals surface area contributed by atoms with E-state index in [0.717, 1.165) is 15.4 Å². The molecule has 2 amide bonds. The number of hydrogen-bond donors (Lipinski definition) is 0. The van der Waals surface area contributed by atoms with Gasteiger partial charge >= 0.3 is 0 Å². The largest absolute Gasteiger partial charge is 0.419 e. The number of nitro benzene ring substituents is 1. The van der Waals surface area contributed by atoms with Gasteiger partial charge in [-0.3, -0.25) is 24.6 Å². The van der Waals surface area contributed by atoms with Crippen molar-refractivity contribution in [1.29, 1.82) is 0 Å². The minimum atomic E-state index is -0.637. The summed E-state index contributed by atoms with van der Waals surface area (Å²) in [5.74, 6) is -0.864. The summed E-state index contributed by atoms with van der Waals surface area (Å²) in [7, 11) is 0. The molecule has 9 nitrogen and oxygen atoms in total. The third kappa shape index (κ3) is 2.99. The summed E-state index contributed by atoms with van der Waals surface area (Å²) >= 11 is 3.33. The van der Waals surface area contributed by atoms with E-state index in [4.69, 9.17) is 4.42 Å². The Bertz CT molecular complexity index is 1090. The Balaban J connectivity index is 1.58. The van der Waals surface area contributed by atoms with Crippen LogP contribution in [0.4, 0.5) is 5.69 Å². The first-order chi connectivity index (χ1) is 12.9. The Labute approximate surface area is 159 Å². The number of hydrogen-bond acceptors (Lipinski definition) is 7. The molecule has 2 aromatic carbocycles. The van der Waals surface area contributed by atoms with Crippen LogP contribution in [0.3, 0.4) is 0 Å². The molecule has 1 aliphatic heterocycles. The van der Waals surface area contributed by atoms with Crippen molar-refractivity contribution in [2.45, 2.75) is 6.54 Å². The standard InChI is InChI=1S/C17H9BrN4O5/c18-10-3-1-9(2-4-10)15-20-19-14(27-15)8-21-16(23)12-6-5-11(22(25)26)7-13(12)17(21)24/h1-7H,8H2. The fraction of sp³-hybridized carbons (Fsp3) is 0.0588. The number of nitrogens with zero attached hydrogens (tertiary/aromatic N) is 4. The molecular formula is C17H9BrN4O5. The maximum Gasteiger partial charge on any atom is 0.270 e. The molecule has 0 saturated heterocycles. The van der Waals surface area contributed by atoms with Crippen molar-refractivity contribution < 1.29 is 18.9 Å². The zero-order valence-electron chi connectivity index (χ0n) is 13.5. The van der Waals surface area contributed by atoms with Gasteiger partial charge < -0.3 is 4.42 Å². The maximum absolute atomic E-state index is 12.5. The number of non-ortho nitro benzene ring substituents is 1. The number of imide groups is 1. The van der Waals surface area contributed by atoms with Gasteiger partial charge in [-0.2, -0.15) is 0 Å². The summed E-state index contributed by atoms with van der Waals surface area (Å²) in [6.07, 6.45) is 0. The molecule has 0 saturated carbocycles. The highest BCUT2D eigenvalue weighted by Gasteiger charge is 2.37. The lowest BCUT2D eigenvalue weighted by Crippen LogP contribution is -2.29. The van der Waals surface area contributed by atoms with Gasteiger partial charge in [0.25, 0.3) is 17.5 Å². The highest BCUT2D eigenvalue weighted by Crippen LogP contribution is 2.28. The van der Waals surface area contributed by atoms with Gasteiger partial charge in [-0.1, -0.05) is 15.9 Å². The fourth-order valence-electron chi connectivity index (χ4n) is 2.70. The zero-order valence-corrected chi connectivity index (χ0v) is 15.0. The number of nitro groups is 1. The van der Waals surface area contributed by atoms with Gasteiger partial charge in [-0.25, -0.2) is 0 Å². The summed E-state index contributed by atoms with van der Waals surface area (Å²) in [4.78, 5) is 36.1. The van der Waals surface area contributed by atoms with Gasteiger partial charge in [0.2, 0.25) is 11.8 Å². The average Bonchev–Trinajstić information content (AvgIpc) is 3.21. The van der Waals surface area contributed by atoms with E-state index in [2.05, 4.69) is 26.1 Å². The molecule has 3 aromatic rings. The topological polar surface area (TPSA) is 119 Å². The molecule has 0 atom stereocenters. The molecule has 1 aliphatic rings. The summed E-state index contributed by atoms with van der Waals surface area (Å²) in [6.45, 7) is -0.219. The predicted molar refractivity (Wildman–Crippen MR) is 94.7 cm³/mol. The van der Waals surface area contributed by atoms with E-state index in [1.54, 1.807) is 12.1 Å². The number of benzene rings is 2. The molecule has 1 aromatic heterocycles. The minimum absolute atomic E-state index is 0.0122. The van der Waals surface area contributed by atoms with Gasteiger partial charge in [0.1, 0.15) is 6.54 Å². The van der Waals surface area contributed by atoms with Crippen LogP contribution in [0.25, 0.3) is 11.5 Å². The fourth-order valence-corrected chi connectivity index (χ4v) is 2.96. The molecule has 0 N–H and O–H groups in total. The third-order valence-electron chi connectivity index (χ3n) is 4.02. The highest BCUT2D eigenvalue weighted by atomic mass is 79.9. The molecule has 4 rings (SSSR count). The van der Waals surface area contributed by atoms with Crippen molar-refractivity contribution in [3.63, 3.8) is 0 Å². The second-order valence-corrected chi connectivity index (χ2v) is 6.61. The quantitative estimate of drug-likeness (QED) is 0.355. The second-order valence-electron chi connectivity index (χ2n) is 5.69. The lowest BCUT2D eigenvalue weighted by Gasteiger charge is -2.10. The van der Waals surface area contributed by atoms with Crippen molar-refractivity contribution in [2.24, 2.45) is 0 Å². The number of amides is 2. The van der Waals surface area contributed by atoms with Gasteiger partial charge in [-0.15, -0.1) is 10.2 Å². The second kappa shape index (κ2) is 6.40. The van der Waals surface area contributed by atoms with Crippen LogP contribution in [-0.2, 0) is 6.54 Å². The molecule has 0 aliphatic carbocycles. The molecule has 0 fully saturated rings. The lowest BCUT2D eigenvalue weighted by molar-refractivity contribution is -0.384. The molecular weight excluding hydrogens is 420 g/mol. The first-order valence-corrected chi connectivity index (χ1v) is 8.46. The summed E-state index contributed by atoms with van der Waals surface area (Å²) in [5.41, 5.74) is 0.530. The van der Waals surface area contributed by atoms with Crippen LogP contribution in [-0.4, -0.2) is 31.8 Å². The molecule has 10 heteroatoms. The van der Waals surface area contributed by atoms with Crippen molar-refractivity contribution in [3.8, 4) is 11.5 Å². The van der Waals surface area contributed by atoms with Crippen LogP contribution in [0.1, 0.15) is 26.6 Å². The monoisotopic (exact) mass is 428 g/mol. The molecule has 0 unspecified atom stereocenters. The van der Waals surface area contributed by atoms with Crippen LogP contribution >= 0.6 is 15.9 Å². The minimum Gasteiger partial charge on any atom is -0.419 e. The Morgan fingerprint density at radius 3 is 2.44 bits per heavy atom. The first kappa shape index (κ1) is 17.0. The smallest absolute Gasteiger partial charge is 0.270 e. The Hall–Kier alpha value is -3.40. The first-order valence-electron chi connectivity index (χ1n) is 7.67. The summed E-state index contributed by atoms with van der Waals surface area (Å²) in [6, 6.07) is 10.7. The van der Waals surface area contributed by atoms with Gasteiger partial charge in [0.15, 0.2) is 0 Å². The lowest BCUT2D eigenvalue weighted by atomic mass is 10.1. The number of carbonyl (C=O) groups is 2. The number of aromatic nitrogens is 2. The summed E-state index contributed by atoms with van der Waals surface area (Å²) in [5, 5.41) is 18.7. The average molecular weight is 429 g/mol. The van der Waals surface area contributed by atoms with Crippen LogP contribution in [0, 0.1) is 10.1 Å². The number of fused-ring (bicyclic) bond motifs is 1. The molecule has 134 valence electrons. The number of rotatable bonds is 4. The van der Waals surface area contributed by atoms with Crippen molar-refractivity contribution >= 4 is 33.4 Å². The number of halogens is 1. The van der Waals surface area contributed by atoms with Crippen LogP contribution in [0.5, 0.6) is 0 Å². The van der Waals surface area contributed by atoms with Crippen molar-refractivity contribution in [1.82, 2.24) is 15.1 Å². The van der Waals surface area contributed by atoms with Crippen LogP contribution in [0.2, 0.25) is 0 Å². The van der Waals surface area contributed by atoms with Crippen molar-refractivity contribution in [2.75, 3.05) is 0 Å². The van der Waals surface area contributed by atoms with E-state index in [0.29, 0.717) is 5.56 Å². The van der Waals surface area contributed by atoms with Crippen molar-refractivity contribution in [3.05, 3.63) is 74.1 Å². The van der Waals surface area contributed by atoms with E-state index in [1.807, 2.05) is 12.1 Å². The van der Waals surface area contributed by atoms with Crippen LogP contribution in [0.15, 0.2) is 51.4 Å². The Kier molecular flexibility index (Phi) is 4.04. The molecule has 0 radical (unpaired) electrons. The Morgan fingerprint density at radius 2 is 1.74 bits per heavy atom. The van der Waals surface area contributed by atoms with Gasteiger partial charge in [-0.05, 0) is 30.3 Å². The molecule has 0 bridgehead atoms. The maximum atomic E-state index is 12.5. The summed E-state index contributed by atoms with van der Waals surface area (Å²) < 4.78 is 6.43. The predicted octanol–water partition coefficient (Wildman–Crippen LogP) is 3.20. The molecule has 2 heterocycles. The highest BCUT2D eigenvalue weighted by molar-refractivity contribution is 9.10. The normalized spacial score (nSPS) is 13.1. The van der Waals surface area contributed by atoms with E-state index < -0.39 is 16.7 Å². The van der Waals surface area contributed by atoms with E-state index in [-0.39, 0.29) is 35.1 Å². The molecule has 0 spiro atoms. The molecule has 27 heavy (non-hydrogen) atoms. The van der Waals surface area contributed by atoms with Gasteiger partial charge in [0.05, 0.1) is 16.1 Å². The van der Waals surface area contributed by atoms with E-state index in [9.17, 15) is 19.7 Å². The Morgan fingerprint density at radius 1 is 1.04 bits per heavy atom. The van der Waals surface area contributed by atoms with E-state index in [1.165, 1.54) is 12.1 Å². The SMILES string of the molecule is O=C1c2ccc([N+](=O)[O-])cc2C(=O)N1Cc1nnc(-c2ccc(Br)cc2)o1. The van der Waals surface area contributed by atoms with Crippen LogP contribution < -0.4 is 0 Å². The number of carbonyl (C=O) groups excluding carboxylic acids is 2. The van der Waals surface area contributed by atoms with Gasteiger partial charge in [0, 0.05) is 22.2 Å². The third-order valence-corrected chi connectivity index (χ3v) is 4.55. The zero-order chi connectivity index (χ0) is 19.1.